The SMILES string of the molecule is COc1cncc(OC)c1CC[C@H](C)O. The average molecular weight is 211 g/mol. The second-order valence-electron chi connectivity index (χ2n) is 3.41. The number of aromatic nitrogens is 1. The van der Waals surface area contributed by atoms with Gasteiger partial charge in [0.05, 0.1) is 32.7 Å². The molecule has 0 spiro atoms. The second kappa shape index (κ2) is 5.56. The summed E-state index contributed by atoms with van der Waals surface area (Å²) in [4.78, 5) is 4.00. The first-order chi connectivity index (χ1) is 7.19. The number of hydrogen-bond acceptors (Lipinski definition) is 4. The monoisotopic (exact) mass is 211 g/mol. The molecule has 1 aromatic rings. The lowest BCUT2D eigenvalue weighted by Gasteiger charge is -2.12. The molecule has 15 heavy (non-hydrogen) atoms. The number of hydrogen-bond donors (Lipinski definition) is 1. The van der Waals surface area contributed by atoms with Crippen molar-refractivity contribution in [1.29, 1.82) is 0 Å². The summed E-state index contributed by atoms with van der Waals surface area (Å²) < 4.78 is 10.4. The minimum Gasteiger partial charge on any atom is -0.495 e. The van der Waals surface area contributed by atoms with Crippen molar-refractivity contribution in [3.63, 3.8) is 0 Å². The Labute approximate surface area is 89.9 Å². The van der Waals surface area contributed by atoms with E-state index in [0.29, 0.717) is 24.3 Å². The molecule has 0 aliphatic heterocycles. The van der Waals surface area contributed by atoms with Crippen LogP contribution in [-0.2, 0) is 6.42 Å². The molecule has 4 nitrogen and oxygen atoms in total. The van der Waals surface area contributed by atoms with Gasteiger partial charge in [0.25, 0.3) is 0 Å². The molecule has 0 saturated carbocycles. The summed E-state index contributed by atoms with van der Waals surface area (Å²) >= 11 is 0. The molecule has 0 aliphatic rings. The van der Waals surface area contributed by atoms with Gasteiger partial charge in [0.15, 0.2) is 0 Å². The van der Waals surface area contributed by atoms with E-state index in [1.165, 1.54) is 0 Å². The van der Waals surface area contributed by atoms with Crippen LogP contribution in [0.1, 0.15) is 18.9 Å². The molecule has 4 heteroatoms. The molecule has 0 unspecified atom stereocenters. The number of rotatable bonds is 5. The van der Waals surface area contributed by atoms with Gasteiger partial charge < -0.3 is 14.6 Å². The van der Waals surface area contributed by atoms with Crippen LogP contribution in [0.2, 0.25) is 0 Å². The summed E-state index contributed by atoms with van der Waals surface area (Å²) in [5, 5.41) is 9.24. The second-order valence-corrected chi connectivity index (χ2v) is 3.41. The van der Waals surface area contributed by atoms with Gasteiger partial charge in [-0.25, -0.2) is 0 Å². The maximum absolute atomic E-state index is 9.24. The van der Waals surface area contributed by atoms with E-state index in [4.69, 9.17) is 9.47 Å². The Balaban J connectivity index is 2.89. The molecular weight excluding hydrogens is 194 g/mol. The van der Waals surface area contributed by atoms with Crippen LogP contribution in [0.25, 0.3) is 0 Å². The van der Waals surface area contributed by atoms with Crippen LogP contribution < -0.4 is 9.47 Å². The summed E-state index contributed by atoms with van der Waals surface area (Å²) in [6.07, 6.45) is 4.37. The maximum Gasteiger partial charge on any atom is 0.144 e. The zero-order valence-corrected chi connectivity index (χ0v) is 9.36. The molecule has 84 valence electrons. The molecule has 0 aromatic carbocycles. The van der Waals surface area contributed by atoms with Gasteiger partial charge in [-0.1, -0.05) is 0 Å². The van der Waals surface area contributed by atoms with Crippen LogP contribution in [0.3, 0.4) is 0 Å². The number of ether oxygens (including phenoxy) is 2. The van der Waals surface area contributed by atoms with Crippen LogP contribution >= 0.6 is 0 Å². The summed E-state index contributed by atoms with van der Waals surface area (Å²) in [5.74, 6) is 1.41. The van der Waals surface area contributed by atoms with Gasteiger partial charge in [-0.2, -0.15) is 0 Å². The lowest BCUT2D eigenvalue weighted by molar-refractivity contribution is 0.184. The summed E-state index contributed by atoms with van der Waals surface area (Å²) in [5.41, 5.74) is 0.955. The van der Waals surface area contributed by atoms with Crippen molar-refractivity contribution < 1.29 is 14.6 Å². The number of methoxy groups -OCH3 is 2. The molecule has 0 saturated heterocycles. The Kier molecular flexibility index (Phi) is 4.37. The van der Waals surface area contributed by atoms with Crippen molar-refractivity contribution in [2.45, 2.75) is 25.9 Å². The van der Waals surface area contributed by atoms with Gasteiger partial charge in [0.2, 0.25) is 0 Å². The fourth-order valence-corrected chi connectivity index (χ4v) is 1.40. The first-order valence-corrected chi connectivity index (χ1v) is 4.92. The van der Waals surface area contributed by atoms with Gasteiger partial charge in [0.1, 0.15) is 11.5 Å². The highest BCUT2D eigenvalue weighted by molar-refractivity contribution is 5.41. The fourth-order valence-electron chi connectivity index (χ4n) is 1.40. The largest absolute Gasteiger partial charge is 0.495 e. The number of aliphatic hydroxyl groups is 1. The fraction of sp³-hybridized carbons (Fsp3) is 0.545. The number of aliphatic hydroxyl groups excluding tert-OH is 1. The molecule has 0 amide bonds. The predicted molar refractivity (Wildman–Crippen MR) is 57.3 cm³/mol. The summed E-state index contributed by atoms with van der Waals surface area (Å²) in [7, 11) is 3.20. The summed E-state index contributed by atoms with van der Waals surface area (Å²) in [6.45, 7) is 1.76. The van der Waals surface area contributed by atoms with Crippen LogP contribution in [0, 0.1) is 0 Å². The standard InChI is InChI=1S/C11H17NO3/c1-8(13)4-5-9-10(14-2)6-12-7-11(9)15-3/h6-8,13H,4-5H2,1-3H3/t8-/m0/s1. The van der Waals surface area contributed by atoms with Crippen molar-refractivity contribution in [1.82, 2.24) is 4.98 Å². The van der Waals surface area contributed by atoms with Crippen molar-refractivity contribution in [3.8, 4) is 11.5 Å². The van der Waals surface area contributed by atoms with Crippen molar-refractivity contribution >= 4 is 0 Å². The topological polar surface area (TPSA) is 51.6 Å². The van der Waals surface area contributed by atoms with Gasteiger partial charge in [-0.05, 0) is 19.8 Å². The van der Waals surface area contributed by atoms with Crippen molar-refractivity contribution in [2.75, 3.05) is 14.2 Å². The molecule has 1 aromatic heterocycles. The van der Waals surface area contributed by atoms with E-state index in [1.54, 1.807) is 33.5 Å². The highest BCUT2D eigenvalue weighted by Gasteiger charge is 2.11. The Morgan fingerprint density at radius 1 is 1.27 bits per heavy atom. The minimum absolute atomic E-state index is 0.326. The number of pyridine rings is 1. The van der Waals surface area contributed by atoms with Crippen LogP contribution in [-0.4, -0.2) is 30.4 Å². The highest BCUT2D eigenvalue weighted by atomic mass is 16.5. The third kappa shape index (κ3) is 3.09. The first-order valence-electron chi connectivity index (χ1n) is 4.92. The molecule has 1 atom stereocenters. The molecule has 1 rings (SSSR count). The zero-order chi connectivity index (χ0) is 11.3. The molecule has 0 bridgehead atoms. The molecular formula is C11H17NO3. The predicted octanol–water partition coefficient (Wildman–Crippen LogP) is 1.41. The summed E-state index contributed by atoms with van der Waals surface area (Å²) in [6, 6.07) is 0. The quantitative estimate of drug-likeness (QED) is 0.800. The van der Waals surface area contributed by atoms with E-state index in [9.17, 15) is 5.11 Å². The third-order valence-corrected chi connectivity index (χ3v) is 2.23. The molecule has 0 radical (unpaired) electrons. The van der Waals surface area contributed by atoms with Crippen molar-refractivity contribution in [3.05, 3.63) is 18.0 Å². The first kappa shape index (κ1) is 11.8. The lowest BCUT2D eigenvalue weighted by atomic mass is 10.1. The van der Waals surface area contributed by atoms with E-state index in [0.717, 1.165) is 5.56 Å². The van der Waals surface area contributed by atoms with Crippen LogP contribution in [0.15, 0.2) is 12.4 Å². The molecule has 1 N–H and O–H groups in total. The highest BCUT2D eigenvalue weighted by Crippen LogP contribution is 2.28. The van der Waals surface area contributed by atoms with Gasteiger partial charge in [-0.15, -0.1) is 0 Å². The van der Waals surface area contributed by atoms with Gasteiger partial charge in [-0.3, -0.25) is 4.98 Å². The Morgan fingerprint density at radius 2 is 1.80 bits per heavy atom. The minimum atomic E-state index is -0.326. The molecule has 1 heterocycles. The van der Waals surface area contributed by atoms with E-state index < -0.39 is 0 Å². The van der Waals surface area contributed by atoms with Crippen LogP contribution in [0.5, 0.6) is 11.5 Å². The van der Waals surface area contributed by atoms with Gasteiger partial charge in [0, 0.05) is 5.56 Å². The Bertz CT molecular complexity index is 290. The zero-order valence-electron chi connectivity index (χ0n) is 9.36. The van der Waals surface area contributed by atoms with E-state index in [2.05, 4.69) is 4.98 Å². The van der Waals surface area contributed by atoms with E-state index in [1.807, 2.05) is 0 Å². The normalized spacial score (nSPS) is 12.3. The van der Waals surface area contributed by atoms with Crippen LogP contribution in [0.4, 0.5) is 0 Å². The van der Waals surface area contributed by atoms with E-state index in [-0.39, 0.29) is 6.10 Å². The van der Waals surface area contributed by atoms with Gasteiger partial charge >= 0.3 is 0 Å². The number of nitrogens with zero attached hydrogens (tertiary/aromatic N) is 1. The smallest absolute Gasteiger partial charge is 0.144 e. The Morgan fingerprint density at radius 3 is 2.20 bits per heavy atom. The lowest BCUT2D eigenvalue weighted by Crippen LogP contribution is -2.04. The van der Waals surface area contributed by atoms with Crippen molar-refractivity contribution in [2.24, 2.45) is 0 Å². The average Bonchev–Trinajstić information content (AvgIpc) is 2.25. The maximum atomic E-state index is 9.24. The third-order valence-electron chi connectivity index (χ3n) is 2.23. The molecule has 0 fully saturated rings. The Hall–Kier alpha value is -1.29. The molecule has 0 aliphatic carbocycles. The van der Waals surface area contributed by atoms with E-state index >= 15 is 0 Å².